The molecule has 2 aromatic rings. The molecular weight excluding hydrogens is 380 g/mol. The molecule has 1 saturated heterocycles. The third-order valence-electron chi connectivity index (χ3n) is 6.31. The molecule has 2 aromatic carbocycles. The fourth-order valence-corrected chi connectivity index (χ4v) is 5.09. The number of nitrogens with zero attached hydrogens (tertiary/aromatic N) is 2. The molecule has 0 aromatic heterocycles. The molecule has 0 amide bonds. The Morgan fingerprint density at radius 1 is 1.00 bits per heavy atom. The number of hydrogen-bond acceptors (Lipinski definition) is 5. The normalized spacial score (nSPS) is 20.3. The van der Waals surface area contributed by atoms with E-state index in [0.717, 1.165) is 44.1 Å². The summed E-state index contributed by atoms with van der Waals surface area (Å²) in [5.41, 5.74) is 4.21. The highest BCUT2D eigenvalue weighted by Gasteiger charge is 2.28. The Hall–Kier alpha value is -1.69. The number of rotatable bonds is 6. The van der Waals surface area contributed by atoms with Crippen molar-refractivity contribution in [1.82, 2.24) is 9.80 Å². The number of benzene rings is 2. The van der Waals surface area contributed by atoms with Crippen LogP contribution in [0.3, 0.4) is 0 Å². The van der Waals surface area contributed by atoms with Crippen molar-refractivity contribution in [1.29, 1.82) is 0 Å². The van der Waals surface area contributed by atoms with Gasteiger partial charge in [0.15, 0.2) is 11.5 Å². The highest BCUT2D eigenvalue weighted by atomic mass is 32.2. The molecule has 1 atom stereocenters. The van der Waals surface area contributed by atoms with Crippen LogP contribution in [0.5, 0.6) is 11.5 Å². The van der Waals surface area contributed by atoms with Crippen molar-refractivity contribution in [2.75, 3.05) is 40.1 Å². The fourth-order valence-electron chi connectivity index (χ4n) is 4.68. The van der Waals surface area contributed by atoms with E-state index in [1.807, 2.05) is 0 Å². The van der Waals surface area contributed by atoms with Crippen molar-refractivity contribution in [3.05, 3.63) is 53.1 Å². The van der Waals surface area contributed by atoms with Gasteiger partial charge in [0.25, 0.3) is 0 Å². The molecule has 0 radical (unpaired) electrons. The number of methoxy groups -OCH3 is 2. The summed E-state index contributed by atoms with van der Waals surface area (Å²) in [5, 5.41) is 0. The molecule has 2 aliphatic heterocycles. The molecule has 0 N–H and O–H groups in total. The van der Waals surface area contributed by atoms with E-state index in [1.54, 1.807) is 26.0 Å². The molecule has 1 fully saturated rings. The van der Waals surface area contributed by atoms with E-state index in [-0.39, 0.29) is 0 Å². The summed E-state index contributed by atoms with van der Waals surface area (Å²) in [4.78, 5) is 6.65. The summed E-state index contributed by atoms with van der Waals surface area (Å²) in [6.45, 7) is 5.56. The second-order valence-corrected chi connectivity index (χ2v) is 8.96. The first-order valence-electron chi connectivity index (χ1n) is 10.5. The van der Waals surface area contributed by atoms with Gasteiger partial charge in [-0.3, -0.25) is 9.80 Å². The third kappa shape index (κ3) is 4.73. The number of ether oxygens (including phenoxy) is 2. The van der Waals surface area contributed by atoms with Crippen LogP contribution in [-0.4, -0.2) is 56.0 Å². The van der Waals surface area contributed by atoms with Crippen molar-refractivity contribution in [3.8, 4) is 11.5 Å². The van der Waals surface area contributed by atoms with Crippen LogP contribution in [0.2, 0.25) is 0 Å². The lowest BCUT2D eigenvalue weighted by Crippen LogP contribution is -2.49. The fraction of sp³-hybridized carbons (Fsp3) is 0.500. The highest BCUT2D eigenvalue weighted by Crippen LogP contribution is 2.34. The van der Waals surface area contributed by atoms with E-state index in [2.05, 4.69) is 52.5 Å². The van der Waals surface area contributed by atoms with E-state index >= 15 is 0 Å². The van der Waals surface area contributed by atoms with Crippen LogP contribution in [-0.2, 0) is 19.5 Å². The van der Waals surface area contributed by atoms with Crippen LogP contribution in [0.25, 0.3) is 0 Å². The molecule has 0 spiro atoms. The smallest absolute Gasteiger partial charge is 0.161 e. The maximum Gasteiger partial charge on any atom is 0.161 e. The molecular formula is C24H32N2O2S. The number of hydrogen-bond donors (Lipinski definition) is 0. The molecule has 1 unspecified atom stereocenters. The summed E-state index contributed by atoms with van der Waals surface area (Å²) in [7, 11) is 3.43. The van der Waals surface area contributed by atoms with Crippen LogP contribution in [0, 0.1) is 0 Å². The zero-order chi connectivity index (χ0) is 20.2. The largest absolute Gasteiger partial charge is 0.493 e. The minimum atomic E-state index is 0.635. The topological polar surface area (TPSA) is 24.9 Å². The molecule has 5 heteroatoms. The SMILES string of the molecule is COc1cc2c(cc1OC)CN(C1CCCN(Cc3ccc(SC)cc3)C1)CC2. The molecule has 2 heterocycles. The van der Waals surface area contributed by atoms with Gasteiger partial charge in [0.05, 0.1) is 14.2 Å². The van der Waals surface area contributed by atoms with E-state index < -0.39 is 0 Å². The van der Waals surface area contributed by atoms with Gasteiger partial charge in [-0.05, 0) is 73.0 Å². The van der Waals surface area contributed by atoms with Crippen molar-refractivity contribution in [2.24, 2.45) is 0 Å². The van der Waals surface area contributed by atoms with E-state index in [4.69, 9.17) is 9.47 Å². The standard InChI is InChI=1S/C24H32N2O2S/c1-27-23-13-19-10-12-26(16-20(19)14-24(23)28-2)21-5-4-11-25(17-21)15-18-6-8-22(29-3)9-7-18/h6-9,13-14,21H,4-5,10-12,15-17H2,1-3H3. The van der Waals surface area contributed by atoms with Gasteiger partial charge in [0.2, 0.25) is 0 Å². The van der Waals surface area contributed by atoms with Crippen molar-refractivity contribution in [3.63, 3.8) is 0 Å². The van der Waals surface area contributed by atoms with E-state index in [1.165, 1.54) is 41.0 Å². The van der Waals surface area contributed by atoms with Crippen LogP contribution >= 0.6 is 11.8 Å². The zero-order valence-corrected chi connectivity index (χ0v) is 18.6. The van der Waals surface area contributed by atoms with Gasteiger partial charge < -0.3 is 9.47 Å². The quantitative estimate of drug-likeness (QED) is 0.653. The molecule has 4 rings (SSSR count). The summed E-state index contributed by atoms with van der Waals surface area (Å²) >= 11 is 1.80. The Bertz CT molecular complexity index is 824. The van der Waals surface area contributed by atoms with E-state index in [0.29, 0.717) is 6.04 Å². The molecule has 156 valence electrons. The van der Waals surface area contributed by atoms with E-state index in [9.17, 15) is 0 Å². The first-order chi connectivity index (χ1) is 14.2. The number of fused-ring (bicyclic) bond motifs is 1. The van der Waals surface area contributed by atoms with Gasteiger partial charge in [-0.2, -0.15) is 0 Å². The van der Waals surface area contributed by atoms with Crippen LogP contribution in [0.4, 0.5) is 0 Å². The summed E-state index contributed by atoms with van der Waals surface area (Å²) in [5.74, 6) is 1.68. The lowest BCUT2D eigenvalue weighted by molar-refractivity contribution is 0.0837. The Labute approximate surface area is 179 Å². The Morgan fingerprint density at radius 3 is 2.41 bits per heavy atom. The van der Waals surface area contributed by atoms with Gasteiger partial charge in [-0.15, -0.1) is 11.8 Å². The van der Waals surface area contributed by atoms with Gasteiger partial charge in [-0.25, -0.2) is 0 Å². The molecule has 2 aliphatic rings. The number of piperidine rings is 1. The first-order valence-corrected chi connectivity index (χ1v) is 11.8. The van der Waals surface area contributed by atoms with Gasteiger partial charge in [-0.1, -0.05) is 12.1 Å². The highest BCUT2D eigenvalue weighted by molar-refractivity contribution is 7.98. The first kappa shape index (κ1) is 20.6. The summed E-state index contributed by atoms with van der Waals surface area (Å²) in [6.07, 6.45) is 5.79. The molecule has 29 heavy (non-hydrogen) atoms. The van der Waals surface area contributed by atoms with Crippen molar-refractivity contribution >= 4 is 11.8 Å². The summed E-state index contributed by atoms with van der Waals surface area (Å²) in [6, 6.07) is 14.0. The Kier molecular flexibility index (Phi) is 6.68. The predicted molar refractivity (Wildman–Crippen MR) is 120 cm³/mol. The van der Waals surface area contributed by atoms with Gasteiger partial charge >= 0.3 is 0 Å². The molecule has 4 nitrogen and oxygen atoms in total. The third-order valence-corrected chi connectivity index (χ3v) is 7.05. The Morgan fingerprint density at radius 2 is 1.72 bits per heavy atom. The lowest BCUT2D eigenvalue weighted by atomic mass is 9.95. The van der Waals surface area contributed by atoms with Crippen LogP contribution < -0.4 is 9.47 Å². The molecule has 0 saturated carbocycles. The second kappa shape index (κ2) is 9.41. The van der Waals surface area contributed by atoms with Gasteiger partial charge in [0, 0.05) is 37.1 Å². The monoisotopic (exact) mass is 412 g/mol. The number of likely N-dealkylation sites (tertiary alicyclic amines) is 1. The van der Waals surface area contributed by atoms with Crippen molar-refractivity contribution in [2.45, 2.75) is 43.3 Å². The average Bonchev–Trinajstić information content (AvgIpc) is 2.78. The van der Waals surface area contributed by atoms with Crippen molar-refractivity contribution < 1.29 is 9.47 Å². The average molecular weight is 413 g/mol. The van der Waals surface area contributed by atoms with Crippen LogP contribution in [0.15, 0.2) is 41.3 Å². The zero-order valence-electron chi connectivity index (χ0n) is 17.8. The number of thioether (sulfide) groups is 1. The van der Waals surface area contributed by atoms with Crippen LogP contribution in [0.1, 0.15) is 29.5 Å². The summed E-state index contributed by atoms with van der Waals surface area (Å²) < 4.78 is 11.0. The lowest BCUT2D eigenvalue weighted by Gasteiger charge is -2.41. The minimum absolute atomic E-state index is 0.635. The Balaban J connectivity index is 1.41. The minimum Gasteiger partial charge on any atom is -0.493 e. The van der Waals surface area contributed by atoms with Gasteiger partial charge in [0.1, 0.15) is 0 Å². The second-order valence-electron chi connectivity index (χ2n) is 8.08. The maximum absolute atomic E-state index is 5.53. The maximum atomic E-state index is 5.53. The predicted octanol–water partition coefficient (Wildman–Crippen LogP) is 4.45. The molecule has 0 bridgehead atoms. The molecule has 0 aliphatic carbocycles.